The minimum absolute atomic E-state index is 0.567. The van der Waals surface area contributed by atoms with E-state index in [9.17, 15) is 19.9 Å². The largest absolute Gasteiger partial charge is 0.497 e. The second-order valence-corrected chi connectivity index (χ2v) is 7.19. The lowest BCUT2D eigenvalue weighted by molar-refractivity contribution is -0.143. The number of benzene rings is 2. The number of rotatable bonds is 7. The first-order valence-corrected chi connectivity index (χ1v) is 9.84. The molecule has 1 fully saturated rings. The lowest BCUT2D eigenvalue weighted by Gasteiger charge is -2.23. The predicted octanol–water partition coefficient (Wildman–Crippen LogP) is 1.69. The first-order chi connectivity index (χ1) is 15.5. The van der Waals surface area contributed by atoms with Crippen molar-refractivity contribution < 1.29 is 33.4 Å². The molecule has 0 amide bonds. The van der Waals surface area contributed by atoms with Crippen molar-refractivity contribution in [1.82, 2.24) is 5.32 Å². The Labute approximate surface area is 184 Å². The Morgan fingerprint density at radius 1 is 0.906 bits per heavy atom. The number of ether oxygens (including phenoxy) is 3. The number of carbonyl (C=O) groups is 3. The molecule has 1 aliphatic heterocycles. The van der Waals surface area contributed by atoms with Crippen molar-refractivity contribution in [2.45, 2.75) is 18.0 Å². The minimum Gasteiger partial charge on any atom is -0.497 e. The molecule has 9 heteroatoms. The highest BCUT2D eigenvalue weighted by Crippen LogP contribution is 2.44. The molecule has 1 heterocycles. The van der Waals surface area contributed by atoms with Crippen molar-refractivity contribution in [2.24, 2.45) is 5.92 Å². The van der Waals surface area contributed by atoms with Gasteiger partial charge in [-0.3, -0.25) is 14.9 Å². The molecule has 3 rings (SSSR count). The smallest absolute Gasteiger partial charge is 0.441 e. The summed E-state index contributed by atoms with van der Waals surface area (Å²) < 4.78 is 14.8. The third-order valence-electron chi connectivity index (χ3n) is 5.59. The average Bonchev–Trinajstić information content (AvgIpc) is 3.25. The zero-order valence-corrected chi connectivity index (χ0v) is 17.8. The number of esters is 2. The van der Waals surface area contributed by atoms with Gasteiger partial charge in [0.05, 0.1) is 27.2 Å². The van der Waals surface area contributed by atoms with Crippen molar-refractivity contribution in [1.29, 1.82) is 0 Å². The summed E-state index contributed by atoms with van der Waals surface area (Å²) in [5.41, 5.74) is 10.0. The topological polar surface area (TPSA) is 127 Å². The van der Waals surface area contributed by atoms with E-state index in [4.69, 9.17) is 9.47 Å². The van der Waals surface area contributed by atoms with Gasteiger partial charge in [-0.1, -0.05) is 42.5 Å². The van der Waals surface area contributed by atoms with Gasteiger partial charge in [0.25, 0.3) is 5.78 Å². The Morgan fingerprint density at radius 3 is 2.09 bits per heavy atom. The molecular weight excluding hydrogens is 414 g/mol. The second-order valence-electron chi connectivity index (χ2n) is 7.19. The van der Waals surface area contributed by atoms with Crippen LogP contribution in [0.3, 0.4) is 0 Å². The van der Waals surface area contributed by atoms with E-state index < -0.39 is 47.4 Å². The summed E-state index contributed by atoms with van der Waals surface area (Å²) in [7, 11) is 3.87. The maximum absolute atomic E-state index is 13.5. The van der Waals surface area contributed by atoms with Gasteiger partial charge in [0.15, 0.2) is 0 Å². The molecule has 0 aromatic heterocycles. The van der Waals surface area contributed by atoms with E-state index in [0.717, 1.165) is 12.7 Å². The second kappa shape index (κ2) is 10.00. The third-order valence-corrected chi connectivity index (χ3v) is 5.59. The average molecular weight is 437 g/mol. The van der Waals surface area contributed by atoms with Crippen molar-refractivity contribution in [2.75, 3.05) is 21.3 Å². The highest BCUT2D eigenvalue weighted by atomic mass is 16.5. The van der Waals surface area contributed by atoms with E-state index in [2.05, 4.69) is 14.8 Å². The Hall–Kier alpha value is -3.81. The Kier molecular flexibility index (Phi) is 7.14. The third kappa shape index (κ3) is 4.30. The predicted molar refractivity (Wildman–Crippen MR) is 113 cm³/mol. The molecule has 32 heavy (non-hydrogen) atoms. The zero-order valence-electron chi connectivity index (χ0n) is 17.8. The van der Waals surface area contributed by atoms with E-state index in [1.54, 1.807) is 48.5 Å². The molecule has 0 bridgehead atoms. The first-order valence-electron chi connectivity index (χ1n) is 9.84. The Bertz CT molecular complexity index is 1050. The van der Waals surface area contributed by atoms with E-state index in [1.807, 2.05) is 6.07 Å². The van der Waals surface area contributed by atoms with E-state index in [-0.39, 0.29) is 0 Å². The van der Waals surface area contributed by atoms with Gasteiger partial charge in [0.1, 0.15) is 11.8 Å². The summed E-state index contributed by atoms with van der Waals surface area (Å²) in [6.45, 7) is 0. The van der Waals surface area contributed by atoms with Gasteiger partial charge < -0.3 is 19.7 Å². The van der Waals surface area contributed by atoms with Crippen LogP contribution >= 0.6 is 0 Å². The van der Waals surface area contributed by atoms with Gasteiger partial charge in [0.2, 0.25) is 0 Å². The summed E-state index contributed by atoms with van der Waals surface area (Å²) in [5, 5.41) is 3.19. The summed E-state index contributed by atoms with van der Waals surface area (Å²) >= 11 is 0. The first kappa shape index (κ1) is 22.9. The molecule has 0 radical (unpaired) electrons. The summed E-state index contributed by atoms with van der Waals surface area (Å²) in [6.07, 6.45) is 0. The number of nitrogens with zero attached hydrogens (tertiary/aromatic N) is 2. The van der Waals surface area contributed by atoms with E-state index >= 15 is 0 Å². The van der Waals surface area contributed by atoms with Crippen LogP contribution in [0.1, 0.15) is 23.1 Å². The summed E-state index contributed by atoms with van der Waals surface area (Å²) in [5.74, 6) is -3.49. The van der Waals surface area contributed by atoms with Crippen LogP contribution in [-0.4, -0.2) is 55.6 Å². The standard InChI is InChI=1S/C23H23N3O6/c1-30-15-11-9-13(10-12-15)16-17(21(27)20(26-24)23(29)32-3)18(14-7-5-4-6-8-14)25-19(16)22(28)31-2/h4-12,16-19,25H,1-3H3/t16-,17-,18-,19-/m0/s1. The van der Waals surface area contributed by atoms with Crippen LogP contribution in [0.2, 0.25) is 0 Å². The lowest BCUT2D eigenvalue weighted by Crippen LogP contribution is -2.38. The number of ketones is 1. The van der Waals surface area contributed by atoms with Crippen LogP contribution in [-0.2, 0) is 23.9 Å². The van der Waals surface area contributed by atoms with Gasteiger partial charge in [-0.05, 0) is 23.3 Å². The number of hydrogen-bond acceptors (Lipinski definition) is 7. The molecule has 1 saturated heterocycles. The Morgan fingerprint density at radius 2 is 1.56 bits per heavy atom. The zero-order chi connectivity index (χ0) is 23.3. The van der Waals surface area contributed by atoms with Crippen LogP contribution in [0, 0.1) is 5.92 Å². The quantitative estimate of drug-likeness (QED) is 0.230. The molecular formula is C23H23N3O6. The lowest BCUT2D eigenvalue weighted by atomic mass is 9.76. The molecule has 0 spiro atoms. The molecule has 2 aromatic carbocycles. The van der Waals surface area contributed by atoms with Gasteiger partial charge in [-0.15, -0.1) is 0 Å². The van der Waals surface area contributed by atoms with Crippen LogP contribution in [0.5, 0.6) is 5.75 Å². The minimum atomic E-state index is -1.07. The molecule has 9 nitrogen and oxygen atoms in total. The molecule has 0 unspecified atom stereocenters. The molecule has 0 aliphatic carbocycles. The number of nitrogens with one attached hydrogen (secondary N) is 1. The van der Waals surface area contributed by atoms with Gasteiger partial charge in [-0.25, -0.2) is 4.79 Å². The van der Waals surface area contributed by atoms with Crippen LogP contribution < -0.4 is 10.1 Å². The highest BCUT2D eigenvalue weighted by molar-refractivity contribution is 6.62. The molecule has 2 aromatic rings. The number of hydrogen-bond donors (Lipinski definition) is 1. The van der Waals surface area contributed by atoms with Gasteiger partial charge >= 0.3 is 17.7 Å². The maximum atomic E-state index is 13.5. The molecule has 1 N–H and O–H groups in total. The van der Waals surface area contributed by atoms with Crippen molar-refractivity contribution >= 4 is 23.4 Å². The highest BCUT2D eigenvalue weighted by Gasteiger charge is 2.54. The van der Waals surface area contributed by atoms with Crippen molar-refractivity contribution in [3.8, 4) is 5.75 Å². The number of methoxy groups -OCH3 is 3. The van der Waals surface area contributed by atoms with Crippen molar-refractivity contribution in [3.05, 3.63) is 71.3 Å². The van der Waals surface area contributed by atoms with Crippen LogP contribution in [0.25, 0.3) is 5.53 Å². The molecule has 4 atom stereocenters. The number of Topliss-reactive ketones (excluding diaryl/α,β-unsaturated/α-hetero) is 1. The fraction of sp³-hybridized carbons (Fsp3) is 0.304. The summed E-state index contributed by atoms with van der Waals surface area (Å²) in [6, 6.07) is 14.4. The monoisotopic (exact) mass is 437 g/mol. The van der Waals surface area contributed by atoms with E-state index in [0.29, 0.717) is 11.3 Å². The number of carbonyl (C=O) groups excluding carboxylic acids is 3. The summed E-state index contributed by atoms with van der Waals surface area (Å²) in [4.78, 5) is 41.2. The fourth-order valence-electron chi connectivity index (χ4n) is 4.11. The molecule has 166 valence electrons. The SMILES string of the molecule is COC(=O)C(=[N+]=[N-])C(=O)[C@H]1[C@H](c2ccc(OC)cc2)[C@@H](C(=O)OC)N[C@H]1c1ccccc1. The molecule has 0 saturated carbocycles. The maximum Gasteiger partial charge on any atom is 0.441 e. The van der Waals surface area contributed by atoms with Crippen LogP contribution in [0.4, 0.5) is 0 Å². The fourth-order valence-corrected chi connectivity index (χ4v) is 4.11. The Balaban J connectivity index is 2.18. The van der Waals surface area contributed by atoms with Gasteiger partial charge in [-0.2, -0.15) is 4.79 Å². The normalized spacial score (nSPS) is 21.8. The van der Waals surface area contributed by atoms with Crippen LogP contribution in [0.15, 0.2) is 54.6 Å². The van der Waals surface area contributed by atoms with Crippen molar-refractivity contribution in [3.63, 3.8) is 0 Å². The van der Waals surface area contributed by atoms with Gasteiger partial charge in [0, 0.05) is 12.0 Å². The molecule has 1 aliphatic rings. The van der Waals surface area contributed by atoms with E-state index in [1.165, 1.54) is 14.2 Å².